The molecule has 0 radical (unpaired) electrons. The van der Waals surface area contributed by atoms with Crippen LogP contribution in [0.4, 0.5) is 4.79 Å². The van der Waals surface area contributed by atoms with Gasteiger partial charge < -0.3 is 4.74 Å². The van der Waals surface area contributed by atoms with Crippen LogP contribution >= 0.6 is 15.9 Å². The number of aliphatic imine (C=N–C) groups is 1. The summed E-state index contributed by atoms with van der Waals surface area (Å²) in [5, 5.41) is 0. The number of nitrogens with zero attached hydrogens (tertiary/aromatic N) is 2. The molecule has 0 fully saturated rings. The fourth-order valence-corrected chi connectivity index (χ4v) is 2.09. The van der Waals surface area contributed by atoms with Crippen LogP contribution in [0.5, 0.6) is 0 Å². The minimum absolute atomic E-state index is 0.0805. The molecular weight excluding hydrogens is 300 g/mol. The molecule has 0 spiro atoms. The number of hydrogen-bond acceptors (Lipinski definition) is 5. The predicted molar refractivity (Wildman–Crippen MR) is 70.0 cm³/mol. The van der Waals surface area contributed by atoms with Crippen molar-refractivity contribution in [1.29, 1.82) is 0 Å². The van der Waals surface area contributed by atoms with Crippen molar-refractivity contribution in [2.24, 2.45) is 4.99 Å². The number of amides is 1. The van der Waals surface area contributed by atoms with E-state index in [1.165, 1.54) is 7.11 Å². The minimum atomic E-state index is -0.537. The van der Waals surface area contributed by atoms with Gasteiger partial charge in [-0.15, -0.1) is 0 Å². The molecule has 1 unspecified atom stereocenters. The lowest BCUT2D eigenvalue weighted by Gasteiger charge is -2.06. The van der Waals surface area contributed by atoms with Gasteiger partial charge in [0.25, 0.3) is 0 Å². The van der Waals surface area contributed by atoms with Crippen LogP contribution in [0.25, 0.3) is 0 Å². The lowest BCUT2D eigenvalue weighted by molar-refractivity contribution is 0.168. The van der Waals surface area contributed by atoms with E-state index in [0.29, 0.717) is 0 Å². The number of amidine groups is 1. The van der Waals surface area contributed by atoms with Gasteiger partial charge in [0.05, 0.1) is 13.2 Å². The molecule has 0 bridgehead atoms. The Morgan fingerprint density at radius 3 is 3.11 bits per heavy atom. The Bertz CT molecular complexity index is 478. The summed E-state index contributed by atoms with van der Waals surface area (Å²) in [6, 6.07) is 2.08. The first kappa shape index (κ1) is 12.8. The summed E-state index contributed by atoms with van der Waals surface area (Å²) in [6.07, 6.45) is 4.67. The third kappa shape index (κ3) is 3.19. The maximum absolute atomic E-state index is 10.9. The number of pyridine rings is 1. The van der Waals surface area contributed by atoms with E-state index in [9.17, 15) is 4.79 Å². The predicted octanol–water partition coefficient (Wildman–Crippen LogP) is 1.94. The lowest BCUT2D eigenvalue weighted by Crippen LogP contribution is -2.40. The number of hydrazine groups is 1. The molecule has 18 heavy (non-hydrogen) atoms. The number of methoxy groups -OCH3 is 1. The van der Waals surface area contributed by atoms with E-state index in [1.54, 1.807) is 12.4 Å². The number of aromatic nitrogens is 1. The summed E-state index contributed by atoms with van der Waals surface area (Å²) in [6.45, 7) is 0. The van der Waals surface area contributed by atoms with E-state index in [-0.39, 0.29) is 6.04 Å². The Labute approximate surface area is 113 Å². The monoisotopic (exact) mass is 312 g/mol. The summed E-state index contributed by atoms with van der Waals surface area (Å²) in [5.74, 6) is 0.741. The van der Waals surface area contributed by atoms with Gasteiger partial charge in [-0.25, -0.2) is 10.2 Å². The molecule has 0 saturated heterocycles. The quantitative estimate of drug-likeness (QED) is 0.777. The molecule has 2 N–H and O–H groups in total. The van der Waals surface area contributed by atoms with Crippen LogP contribution in [0.3, 0.4) is 0 Å². The van der Waals surface area contributed by atoms with Crippen LogP contribution in [-0.2, 0) is 4.74 Å². The molecule has 2 rings (SSSR count). The topological polar surface area (TPSA) is 75.6 Å². The molecule has 1 aromatic heterocycles. The second kappa shape index (κ2) is 5.81. The summed E-state index contributed by atoms with van der Waals surface area (Å²) < 4.78 is 5.39. The van der Waals surface area contributed by atoms with Crippen molar-refractivity contribution in [2.45, 2.75) is 18.9 Å². The van der Waals surface area contributed by atoms with Gasteiger partial charge in [-0.2, -0.15) is 0 Å². The molecule has 2 heterocycles. The van der Waals surface area contributed by atoms with E-state index in [0.717, 1.165) is 28.7 Å². The molecule has 1 aliphatic heterocycles. The van der Waals surface area contributed by atoms with Crippen molar-refractivity contribution in [1.82, 2.24) is 15.8 Å². The number of carbonyl (C=O) groups excluding carboxylic acids is 1. The highest BCUT2D eigenvalue weighted by atomic mass is 79.9. The maximum atomic E-state index is 10.9. The Hall–Kier alpha value is -1.63. The van der Waals surface area contributed by atoms with Crippen molar-refractivity contribution >= 4 is 27.9 Å². The molecular formula is C11H13BrN4O2. The zero-order valence-electron chi connectivity index (χ0n) is 9.81. The average Bonchev–Trinajstić information content (AvgIpc) is 2.84. The average molecular weight is 313 g/mol. The number of nitrogens with one attached hydrogen (secondary N) is 2. The van der Waals surface area contributed by atoms with Gasteiger partial charge in [0.2, 0.25) is 0 Å². The van der Waals surface area contributed by atoms with Crippen LogP contribution in [0.1, 0.15) is 24.4 Å². The summed E-state index contributed by atoms with van der Waals surface area (Å²) in [7, 11) is 1.31. The number of rotatable bonds is 1. The fourth-order valence-electron chi connectivity index (χ4n) is 1.71. The fraction of sp³-hybridized carbons (Fsp3) is 0.364. The normalized spacial score (nSPS) is 18.1. The molecule has 96 valence electrons. The van der Waals surface area contributed by atoms with Gasteiger partial charge in [0.1, 0.15) is 5.84 Å². The first-order chi connectivity index (χ1) is 8.69. The summed E-state index contributed by atoms with van der Waals surface area (Å²) in [4.78, 5) is 19.5. The summed E-state index contributed by atoms with van der Waals surface area (Å²) in [5.41, 5.74) is 6.19. The molecule has 1 aromatic rings. The van der Waals surface area contributed by atoms with Crippen molar-refractivity contribution in [2.75, 3.05) is 7.11 Å². The standard InChI is InChI=1S/C11H13BrN4O2/c1-18-11(17)16-15-10-3-2-9(14-10)7-4-8(12)6-13-5-7/h4-6,9H,2-3H2,1H3,(H,14,15)(H,16,17). The maximum Gasteiger partial charge on any atom is 0.425 e. The van der Waals surface area contributed by atoms with Gasteiger partial charge in [0.15, 0.2) is 0 Å². The molecule has 0 aliphatic carbocycles. The smallest absolute Gasteiger partial charge is 0.425 e. The van der Waals surface area contributed by atoms with Crippen molar-refractivity contribution < 1.29 is 9.53 Å². The van der Waals surface area contributed by atoms with Gasteiger partial charge in [-0.1, -0.05) is 0 Å². The van der Waals surface area contributed by atoms with Gasteiger partial charge in [-0.3, -0.25) is 15.4 Å². The zero-order valence-corrected chi connectivity index (χ0v) is 11.4. The second-order valence-electron chi connectivity index (χ2n) is 3.81. The molecule has 6 nitrogen and oxygen atoms in total. The first-order valence-corrected chi connectivity index (χ1v) is 6.25. The van der Waals surface area contributed by atoms with E-state index in [2.05, 4.69) is 41.5 Å². The van der Waals surface area contributed by atoms with Crippen molar-refractivity contribution in [3.63, 3.8) is 0 Å². The van der Waals surface area contributed by atoms with Gasteiger partial charge in [-0.05, 0) is 34.0 Å². The highest BCUT2D eigenvalue weighted by molar-refractivity contribution is 9.10. The van der Waals surface area contributed by atoms with Crippen LogP contribution < -0.4 is 10.9 Å². The van der Waals surface area contributed by atoms with Crippen LogP contribution in [0, 0.1) is 0 Å². The largest absolute Gasteiger partial charge is 0.452 e. The van der Waals surface area contributed by atoms with E-state index >= 15 is 0 Å². The lowest BCUT2D eigenvalue weighted by atomic mass is 10.1. The molecule has 1 aliphatic rings. The number of carbonyl (C=O) groups is 1. The Kier molecular flexibility index (Phi) is 4.14. The molecule has 1 atom stereocenters. The molecule has 7 heteroatoms. The first-order valence-electron chi connectivity index (χ1n) is 5.46. The number of halogens is 1. The Balaban J connectivity index is 1.97. The second-order valence-corrected chi connectivity index (χ2v) is 4.72. The van der Waals surface area contributed by atoms with E-state index in [4.69, 9.17) is 0 Å². The van der Waals surface area contributed by atoms with Crippen LogP contribution in [-0.4, -0.2) is 24.0 Å². The van der Waals surface area contributed by atoms with E-state index in [1.807, 2.05) is 6.07 Å². The third-order valence-corrected chi connectivity index (χ3v) is 3.00. The van der Waals surface area contributed by atoms with Gasteiger partial charge >= 0.3 is 6.09 Å². The molecule has 0 aromatic carbocycles. The number of hydrogen-bond donors (Lipinski definition) is 2. The van der Waals surface area contributed by atoms with Gasteiger partial charge in [0, 0.05) is 23.3 Å². The minimum Gasteiger partial charge on any atom is -0.452 e. The molecule has 0 saturated carbocycles. The van der Waals surface area contributed by atoms with E-state index < -0.39 is 6.09 Å². The van der Waals surface area contributed by atoms with Crippen molar-refractivity contribution in [3.8, 4) is 0 Å². The van der Waals surface area contributed by atoms with Crippen LogP contribution in [0.15, 0.2) is 27.9 Å². The van der Waals surface area contributed by atoms with Crippen molar-refractivity contribution in [3.05, 3.63) is 28.5 Å². The molecule has 1 amide bonds. The zero-order chi connectivity index (χ0) is 13.0. The highest BCUT2D eigenvalue weighted by Crippen LogP contribution is 2.28. The number of ether oxygens (including phenoxy) is 1. The van der Waals surface area contributed by atoms with Crippen LogP contribution in [0.2, 0.25) is 0 Å². The SMILES string of the molecule is COC(=O)NNC1=NC(c2cncc(Br)c2)CC1. The highest BCUT2D eigenvalue weighted by Gasteiger charge is 2.19. The summed E-state index contributed by atoms with van der Waals surface area (Å²) >= 11 is 3.38. The Morgan fingerprint density at radius 1 is 1.56 bits per heavy atom. The third-order valence-electron chi connectivity index (χ3n) is 2.57. The Morgan fingerprint density at radius 2 is 2.39 bits per heavy atom.